The smallest absolute Gasteiger partial charge is 0.345 e. The predicted octanol–water partition coefficient (Wildman–Crippen LogP) is 3.44. The van der Waals surface area contributed by atoms with Crippen molar-refractivity contribution in [2.75, 3.05) is 26.4 Å². The van der Waals surface area contributed by atoms with Gasteiger partial charge in [0.2, 0.25) is 5.91 Å². The van der Waals surface area contributed by atoms with E-state index in [-0.39, 0.29) is 35.8 Å². The fourth-order valence-corrected chi connectivity index (χ4v) is 3.85. The molecule has 0 radical (unpaired) electrons. The van der Waals surface area contributed by atoms with Crippen molar-refractivity contribution in [3.63, 3.8) is 0 Å². The molecule has 8 heteroatoms. The number of rotatable bonds is 8. The zero-order valence-electron chi connectivity index (χ0n) is 19.0. The molecule has 7 nitrogen and oxygen atoms in total. The molecule has 1 saturated heterocycles. The summed E-state index contributed by atoms with van der Waals surface area (Å²) < 4.78 is 16.2. The Morgan fingerprint density at radius 3 is 2.07 bits per heavy atom. The number of nitrogens with zero attached hydrogens (tertiary/aromatic N) is 1. The number of ether oxygens (including phenoxy) is 2. The second-order valence-electron chi connectivity index (χ2n) is 8.75. The van der Waals surface area contributed by atoms with Crippen LogP contribution in [0.25, 0.3) is 0 Å². The van der Waals surface area contributed by atoms with E-state index in [1.807, 2.05) is 0 Å². The summed E-state index contributed by atoms with van der Waals surface area (Å²) in [6.45, 7) is 15.4. The lowest BCUT2D eigenvalue weighted by Crippen LogP contribution is -2.49. The van der Waals surface area contributed by atoms with Crippen molar-refractivity contribution in [3.05, 3.63) is 11.6 Å². The Morgan fingerprint density at radius 2 is 1.59 bits per heavy atom. The summed E-state index contributed by atoms with van der Waals surface area (Å²) in [4.78, 5) is 38.9. The lowest BCUT2D eigenvalue weighted by Gasteiger charge is -2.40. The summed E-state index contributed by atoms with van der Waals surface area (Å²) in [5, 5.41) is 0.0808. The number of amides is 1. The first kappa shape index (κ1) is 25.4. The largest absolute Gasteiger partial charge is 0.462 e. The van der Waals surface area contributed by atoms with Crippen LogP contribution in [-0.2, 0) is 28.3 Å². The van der Waals surface area contributed by atoms with Crippen LogP contribution < -0.4 is 0 Å². The van der Waals surface area contributed by atoms with E-state index >= 15 is 0 Å². The van der Waals surface area contributed by atoms with E-state index in [0.717, 1.165) is 25.3 Å². The molecule has 29 heavy (non-hydrogen) atoms. The van der Waals surface area contributed by atoms with Crippen LogP contribution in [0.4, 0.5) is 0 Å². The van der Waals surface area contributed by atoms with Crippen molar-refractivity contribution >= 4 is 26.2 Å². The Labute approximate surface area is 175 Å². The van der Waals surface area contributed by atoms with Crippen molar-refractivity contribution in [1.29, 1.82) is 0 Å². The monoisotopic (exact) mass is 427 g/mol. The minimum absolute atomic E-state index is 0.0766. The highest BCUT2D eigenvalue weighted by molar-refractivity contribution is 6.74. The molecule has 1 atom stereocenters. The molecule has 0 aromatic heterocycles. The van der Waals surface area contributed by atoms with Crippen molar-refractivity contribution in [1.82, 2.24) is 4.90 Å². The summed E-state index contributed by atoms with van der Waals surface area (Å²) in [6.07, 6.45) is 3.79. The lowest BCUT2D eigenvalue weighted by atomic mass is 10.0. The Balaban J connectivity index is 3.00. The molecule has 0 aromatic rings. The maximum Gasteiger partial charge on any atom is 0.345 e. The first-order valence-electron chi connectivity index (χ1n) is 10.4. The summed E-state index contributed by atoms with van der Waals surface area (Å²) >= 11 is 0. The highest BCUT2D eigenvalue weighted by Crippen LogP contribution is 2.37. The molecular formula is C21H37NO6Si. The quantitative estimate of drug-likeness (QED) is 0.194. The maximum atomic E-state index is 12.9. The third-order valence-corrected chi connectivity index (χ3v) is 10.1. The minimum Gasteiger partial charge on any atom is -0.462 e. The normalized spacial score (nSPS) is 17.5. The van der Waals surface area contributed by atoms with Gasteiger partial charge in [0.05, 0.1) is 25.9 Å². The van der Waals surface area contributed by atoms with Gasteiger partial charge in [0.25, 0.3) is 0 Å². The average Bonchev–Trinajstić information content (AvgIpc) is 2.64. The maximum absolute atomic E-state index is 12.9. The molecule has 1 fully saturated rings. The standard InChI is InChI=1S/C21H37NO6Si/c1-8-26-19(24)17(20(25)27-9-2)14-18(23)22-13-11-10-12-16(22)15-28-29(6,7)21(3,4)5/h14,16H,8-13,15H2,1-7H3. The molecule has 0 aliphatic carbocycles. The third-order valence-electron chi connectivity index (χ3n) is 5.61. The number of carbonyl (C=O) groups excluding carboxylic acids is 3. The topological polar surface area (TPSA) is 82.1 Å². The van der Waals surface area contributed by atoms with E-state index in [4.69, 9.17) is 13.9 Å². The van der Waals surface area contributed by atoms with Crippen molar-refractivity contribution in [2.24, 2.45) is 0 Å². The SMILES string of the molecule is CCOC(=O)C(=CC(=O)N1CCCCC1CO[Si](C)(C)C(C)(C)C)C(=O)OCC. The van der Waals surface area contributed by atoms with Crippen LogP contribution in [0.2, 0.25) is 18.1 Å². The molecule has 1 amide bonds. The van der Waals surface area contributed by atoms with Crippen LogP contribution in [0.3, 0.4) is 0 Å². The summed E-state index contributed by atoms with van der Waals surface area (Å²) in [5.41, 5.74) is -0.367. The van der Waals surface area contributed by atoms with Gasteiger partial charge in [-0.05, 0) is 51.2 Å². The molecule has 1 unspecified atom stereocenters. The van der Waals surface area contributed by atoms with Crippen LogP contribution in [0.5, 0.6) is 0 Å². The van der Waals surface area contributed by atoms with Gasteiger partial charge in [-0.1, -0.05) is 20.8 Å². The van der Waals surface area contributed by atoms with Gasteiger partial charge >= 0.3 is 11.9 Å². The molecular weight excluding hydrogens is 390 g/mol. The minimum atomic E-state index is -1.94. The lowest BCUT2D eigenvalue weighted by molar-refractivity contribution is -0.147. The first-order chi connectivity index (χ1) is 13.4. The van der Waals surface area contributed by atoms with Gasteiger partial charge in [0.1, 0.15) is 5.57 Å². The number of hydrogen-bond donors (Lipinski definition) is 0. The zero-order chi connectivity index (χ0) is 22.2. The molecule has 166 valence electrons. The summed E-state index contributed by atoms with van der Waals surface area (Å²) in [7, 11) is -1.94. The Hall–Kier alpha value is -1.67. The summed E-state index contributed by atoms with van der Waals surface area (Å²) in [5.74, 6) is -2.07. The molecule has 0 N–H and O–H groups in total. The van der Waals surface area contributed by atoms with Gasteiger partial charge in [0, 0.05) is 12.6 Å². The molecule has 0 aromatic carbocycles. The van der Waals surface area contributed by atoms with Gasteiger partial charge in [-0.3, -0.25) is 4.79 Å². The first-order valence-corrected chi connectivity index (χ1v) is 13.4. The molecule has 0 bridgehead atoms. The molecule has 1 heterocycles. The summed E-state index contributed by atoms with van der Waals surface area (Å²) in [6, 6.07) is -0.0766. The highest BCUT2D eigenvalue weighted by atomic mass is 28.4. The van der Waals surface area contributed by atoms with Gasteiger partial charge in [-0.15, -0.1) is 0 Å². The molecule has 0 saturated carbocycles. The zero-order valence-corrected chi connectivity index (χ0v) is 20.0. The van der Waals surface area contributed by atoms with E-state index in [1.54, 1.807) is 18.7 Å². The van der Waals surface area contributed by atoms with Crippen molar-refractivity contribution in [2.45, 2.75) is 78.1 Å². The molecule has 1 aliphatic rings. The van der Waals surface area contributed by atoms with Crippen LogP contribution >= 0.6 is 0 Å². The highest BCUT2D eigenvalue weighted by Gasteiger charge is 2.38. The average molecular weight is 428 g/mol. The van der Waals surface area contributed by atoms with Crippen LogP contribution in [-0.4, -0.2) is 63.5 Å². The molecule has 0 spiro atoms. The van der Waals surface area contributed by atoms with Crippen LogP contribution in [0, 0.1) is 0 Å². The number of hydrogen-bond acceptors (Lipinski definition) is 6. The number of esters is 2. The third kappa shape index (κ3) is 7.26. The Kier molecular flexibility index (Phi) is 9.55. The van der Waals surface area contributed by atoms with E-state index < -0.39 is 20.3 Å². The fourth-order valence-electron chi connectivity index (χ4n) is 2.81. The van der Waals surface area contributed by atoms with E-state index in [1.165, 1.54) is 0 Å². The number of piperidine rings is 1. The second kappa shape index (κ2) is 10.9. The van der Waals surface area contributed by atoms with Crippen LogP contribution in [0.1, 0.15) is 53.9 Å². The van der Waals surface area contributed by atoms with Gasteiger partial charge in [-0.2, -0.15) is 0 Å². The molecule has 1 rings (SSSR count). The van der Waals surface area contributed by atoms with E-state index in [0.29, 0.717) is 13.2 Å². The van der Waals surface area contributed by atoms with Crippen LogP contribution in [0.15, 0.2) is 11.6 Å². The van der Waals surface area contributed by atoms with E-state index in [2.05, 4.69) is 33.9 Å². The molecule has 1 aliphatic heterocycles. The Morgan fingerprint density at radius 1 is 1.03 bits per heavy atom. The predicted molar refractivity (Wildman–Crippen MR) is 114 cm³/mol. The van der Waals surface area contributed by atoms with Gasteiger partial charge in [-0.25, -0.2) is 9.59 Å². The van der Waals surface area contributed by atoms with Crippen molar-refractivity contribution < 1.29 is 28.3 Å². The fraction of sp³-hybridized carbons (Fsp3) is 0.762. The Bertz CT molecular complexity index is 603. The van der Waals surface area contributed by atoms with Gasteiger partial charge < -0.3 is 18.8 Å². The van der Waals surface area contributed by atoms with E-state index in [9.17, 15) is 14.4 Å². The number of carbonyl (C=O) groups is 3. The van der Waals surface area contributed by atoms with Gasteiger partial charge in [0.15, 0.2) is 8.32 Å². The van der Waals surface area contributed by atoms with Crippen molar-refractivity contribution in [3.8, 4) is 0 Å². The second-order valence-corrected chi connectivity index (χ2v) is 13.6. The number of likely N-dealkylation sites (tertiary alicyclic amines) is 1.